The van der Waals surface area contributed by atoms with Gasteiger partial charge in [0, 0.05) is 0 Å². The van der Waals surface area contributed by atoms with E-state index in [-0.39, 0.29) is 16.7 Å². The first-order valence-electron chi connectivity index (χ1n) is 6.07. The minimum atomic E-state index is -3.84. The Kier molecular flexibility index (Phi) is 4.54. The van der Waals surface area contributed by atoms with Gasteiger partial charge >= 0.3 is 0 Å². The SMILES string of the molecule is Cc1ccc(S(=O)(=O)C(F)CCC(C)(C)C)cc1. The van der Waals surface area contributed by atoms with Crippen molar-refractivity contribution in [3.63, 3.8) is 0 Å². The molecular weight excluding hydrogens is 251 g/mol. The highest BCUT2D eigenvalue weighted by molar-refractivity contribution is 7.91. The molecule has 0 bridgehead atoms. The van der Waals surface area contributed by atoms with Crippen LogP contribution >= 0.6 is 0 Å². The largest absolute Gasteiger partial charge is 0.230 e. The van der Waals surface area contributed by atoms with Gasteiger partial charge in [0.05, 0.1) is 4.90 Å². The Morgan fingerprint density at radius 2 is 1.67 bits per heavy atom. The molecule has 1 aromatic carbocycles. The maximum atomic E-state index is 13.9. The lowest BCUT2D eigenvalue weighted by Gasteiger charge is -2.19. The van der Waals surface area contributed by atoms with Gasteiger partial charge in [-0.3, -0.25) is 0 Å². The predicted octanol–water partition coefficient (Wildman–Crippen LogP) is 3.89. The van der Waals surface area contributed by atoms with Gasteiger partial charge in [-0.25, -0.2) is 12.8 Å². The second kappa shape index (κ2) is 5.39. The van der Waals surface area contributed by atoms with Crippen LogP contribution in [0.25, 0.3) is 0 Å². The molecule has 0 heterocycles. The molecule has 1 atom stereocenters. The van der Waals surface area contributed by atoms with Gasteiger partial charge in [0.15, 0.2) is 0 Å². The smallest absolute Gasteiger partial charge is 0.210 e. The van der Waals surface area contributed by atoms with Crippen LogP contribution in [0.3, 0.4) is 0 Å². The molecule has 102 valence electrons. The number of rotatable bonds is 4. The van der Waals surface area contributed by atoms with Crippen LogP contribution in [-0.2, 0) is 9.84 Å². The molecule has 0 aliphatic heterocycles. The third-order valence-corrected chi connectivity index (χ3v) is 4.65. The molecule has 18 heavy (non-hydrogen) atoms. The molecule has 1 aromatic rings. The molecule has 1 unspecified atom stereocenters. The lowest BCUT2D eigenvalue weighted by atomic mass is 9.91. The maximum Gasteiger partial charge on any atom is 0.210 e. The third kappa shape index (κ3) is 4.09. The minimum absolute atomic E-state index is 0.0414. The number of benzene rings is 1. The van der Waals surface area contributed by atoms with Gasteiger partial charge in [0.25, 0.3) is 0 Å². The van der Waals surface area contributed by atoms with Gasteiger partial charge in [-0.15, -0.1) is 0 Å². The fourth-order valence-electron chi connectivity index (χ4n) is 1.58. The van der Waals surface area contributed by atoms with Crippen LogP contribution in [0.2, 0.25) is 0 Å². The highest BCUT2D eigenvalue weighted by Gasteiger charge is 2.28. The monoisotopic (exact) mass is 272 g/mol. The zero-order chi connectivity index (χ0) is 14.0. The molecule has 0 aliphatic rings. The van der Waals surface area contributed by atoms with E-state index in [0.717, 1.165) is 5.56 Å². The van der Waals surface area contributed by atoms with Gasteiger partial charge in [0.1, 0.15) is 0 Å². The van der Waals surface area contributed by atoms with E-state index in [0.29, 0.717) is 6.42 Å². The van der Waals surface area contributed by atoms with Crippen LogP contribution in [0.15, 0.2) is 29.2 Å². The molecule has 0 saturated carbocycles. The number of hydrogen-bond acceptors (Lipinski definition) is 2. The van der Waals surface area contributed by atoms with Crippen molar-refractivity contribution in [1.82, 2.24) is 0 Å². The lowest BCUT2D eigenvalue weighted by Crippen LogP contribution is -2.19. The van der Waals surface area contributed by atoms with Gasteiger partial charge in [-0.1, -0.05) is 38.5 Å². The van der Waals surface area contributed by atoms with Crippen molar-refractivity contribution in [3.8, 4) is 0 Å². The van der Waals surface area contributed by atoms with Crippen molar-refractivity contribution in [2.75, 3.05) is 0 Å². The molecule has 0 radical (unpaired) electrons. The fraction of sp³-hybridized carbons (Fsp3) is 0.571. The normalized spacial score (nSPS) is 14.5. The van der Waals surface area contributed by atoms with Crippen LogP contribution in [0, 0.1) is 12.3 Å². The summed E-state index contributed by atoms with van der Waals surface area (Å²) in [6, 6.07) is 6.30. The number of hydrogen-bond donors (Lipinski definition) is 0. The summed E-state index contributed by atoms with van der Waals surface area (Å²) >= 11 is 0. The zero-order valence-electron chi connectivity index (χ0n) is 11.4. The summed E-state index contributed by atoms with van der Waals surface area (Å²) in [4.78, 5) is 0.0644. The van der Waals surface area contributed by atoms with Crippen LogP contribution in [0.4, 0.5) is 4.39 Å². The van der Waals surface area contributed by atoms with E-state index in [9.17, 15) is 12.8 Å². The first-order valence-corrected chi connectivity index (χ1v) is 7.62. The predicted molar refractivity (Wildman–Crippen MR) is 71.9 cm³/mol. The topological polar surface area (TPSA) is 34.1 Å². The molecular formula is C14H21FO2S. The van der Waals surface area contributed by atoms with Crippen LogP contribution in [0.1, 0.15) is 39.2 Å². The van der Waals surface area contributed by atoms with Crippen LogP contribution < -0.4 is 0 Å². The highest BCUT2D eigenvalue weighted by Crippen LogP contribution is 2.27. The van der Waals surface area contributed by atoms with Gasteiger partial charge in [-0.2, -0.15) is 0 Å². The molecule has 4 heteroatoms. The van der Waals surface area contributed by atoms with Crippen LogP contribution in [-0.4, -0.2) is 13.9 Å². The molecule has 0 amide bonds. The average molecular weight is 272 g/mol. The van der Waals surface area contributed by atoms with Crippen LogP contribution in [0.5, 0.6) is 0 Å². The fourth-order valence-corrected chi connectivity index (χ4v) is 2.82. The standard InChI is InChI=1S/C14H21FO2S/c1-11-5-7-12(8-6-11)18(16,17)13(15)9-10-14(2,3)4/h5-8,13H,9-10H2,1-4H3. The van der Waals surface area contributed by atoms with Crippen molar-refractivity contribution in [1.29, 1.82) is 0 Å². The first kappa shape index (κ1) is 15.2. The van der Waals surface area contributed by atoms with E-state index < -0.39 is 15.3 Å². The number of sulfone groups is 1. The first-order chi connectivity index (χ1) is 8.13. The zero-order valence-corrected chi connectivity index (χ0v) is 12.2. The molecule has 0 N–H and O–H groups in total. The summed E-state index contributed by atoms with van der Waals surface area (Å²) in [6.45, 7) is 7.78. The van der Waals surface area contributed by atoms with E-state index in [4.69, 9.17) is 0 Å². The lowest BCUT2D eigenvalue weighted by molar-refractivity contribution is 0.309. The Labute approximate surface area is 109 Å². The highest BCUT2D eigenvalue weighted by atomic mass is 32.2. The number of alkyl halides is 1. The molecule has 0 fully saturated rings. The molecule has 0 aromatic heterocycles. The number of halogens is 1. The Hall–Kier alpha value is -0.900. The van der Waals surface area contributed by atoms with Crippen molar-refractivity contribution >= 4 is 9.84 Å². The average Bonchev–Trinajstić information content (AvgIpc) is 2.25. The van der Waals surface area contributed by atoms with E-state index in [1.165, 1.54) is 12.1 Å². The van der Waals surface area contributed by atoms with Gasteiger partial charge in [-0.05, 0) is 37.3 Å². The summed E-state index contributed by atoms with van der Waals surface area (Å²) in [6.07, 6.45) is 0.582. The molecule has 0 spiro atoms. The molecule has 2 nitrogen and oxygen atoms in total. The van der Waals surface area contributed by atoms with E-state index in [1.807, 2.05) is 27.7 Å². The van der Waals surface area contributed by atoms with Crippen molar-refractivity contribution in [2.24, 2.45) is 5.41 Å². The van der Waals surface area contributed by atoms with Crippen molar-refractivity contribution in [3.05, 3.63) is 29.8 Å². The second-order valence-electron chi connectivity index (χ2n) is 5.87. The third-order valence-electron chi connectivity index (χ3n) is 2.81. The Balaban J connectivity index is 2.83. The quantitative estimate of drug-likeness (QED) is 0.833. The summed E-state index contributed by atoms with van der Waals surface area (Å²) in [5.74, 6) is 0. The second-order valence-corrected chi connectivity index (χ2v) is 7.94. The summed E-state index contributed by atoms with van der Waals surface area (Å²) in [7, 11) is -3.84. The summed E-state index contributed by atoms with van der Waals surface area (Å²) < 4.78 is 37.9. The Bertz CT molecular complexity index is 484. The van der Waals surface area contributed by atoms with Crippen molar-refractivity contribution in [2.45, 2.75) is 50.9 Å². The van der Waals surface area contributed by atoms with Gasteiger partial charge in [0.2, 0.25) is 15.3 Å². The van der Waals surface area contributed by atoms with E-state index >= 15 is 0 Å². The van der Waals surface area contributed by atoms with Gasteiger partial charge < -0.3 is 0 Å². The Morgan fingerprint density at radius 3 is 2.11 bits per heavy atom. The molecule has 0 saturated heterocycles. The van der Waals surface area contributed by atoms with E-state index in [1.54, 1.807) is 12.1 Å². The van der Waals surface area contributed by atoms with Crippen molar-refractivity contribution < 1.29 is 12.8 Å². The summed E-state index contributed by atoms with van der Waals surface area (Å²) in [5, 5.41) is 0. The molecule has 0 aliphatic carbocycles. The molecule has 1 rings (SSSR count). The van der Waals surface area contributed by atoms with E-state index in [2.05, 4.69) is 0 Å². The summed E-state index contributed by atoms with van der Waals surface area (Å²) in [5.41, 5.74) is -0.925. The number of aryl methyl sites for hydroxylation is 1. The Morgan fingerprint density at radius 1 is 1.17 bits per heavy atom. The minimum Gasteiger partial charge on any atom is -0.230 e. The maximum absolute atomic E-state index is 13.9.